The van der Waals surface area contributed by atoms with Crippen LogP contribution in [0.1, 0.15) is 66.7 Å². The summed E-state index contributed by atoms with van der Waals surface area (Å²) in [5.74, 6) is 3.93. The third kappa shape index (κ3) is 3.21. The highest BCUT2D eigenvalue weighted by atomic mass is 16.6. The van der Waals surface area contributed by atoms with Gasteiger partial charge in [-0.2, -0.15) is 0 Å². The van der Waals surface area contributed by atoms with E-state index < -0.39 is 11.6 Å². The minimum Gasteiger partial charge on any atom is -0.481 e. The van der Waals surface area contributed by atoms with Crippen molar-refractivity contribution in [2.24, 2.45) is 59.2 Å². The second-order valence-electron chi connectivity index (χ2n) is 11.2. The van der Waals surface area contributed by atoms with E-state index in [1.807, 2.05) is 20.8 Å². The third-order valence-electron chi connectivity index (χ3n) is 8.79. The number of rotatable bonds is 4. The fourth-order valence-electron chi connectivity index (χ4n) is 7.58. The topological polar surface area (TPSA) is 63.6 Å². The fraction of sp³-hybridized carbons (Fsp3) is 0.913. The van der Waals surface area contributed by atoms with Gasteiger partial charge in [-0.05, 0) is 100 Å². The maximum absolute atomic E-state index is 12.8. The molecule has 4 aliphatic rings. The molecule has 0 saturated heterocycles. The number of carbonyl (C=O) groups excluding carboxylic acids is 1. The first-order chi connectivity index (χ1) is 12.6. The summed E-state index contributed by atoms with van der Waals surface area (Å²) in [7, 11) is 0. The summed E-state index contributed by atoms with van der Waals surface area (Å²) < 4.78 is 5.73. The molecule has 0 aromatic heterocycles. The smallest absolute Gasteiger partial charge is 0.309 e. The van der Waals surface area contributed by atoms with Gasteiger partial charge >= 0.3 is 11.9 Å². The lowest BCUT2D eigenvalue weighted by Crippen LogP contribution is -2.38. The summed E-state index contributed by atoms with van der Waals surface area (Å²) in [6, 6.07) is 0. The summed E-state index contributed by atoms with van der Waals surface area (Å²) in [5.41, 5.74) is -0.412. The molecule has 0 spiro atoms. The number of fused-ring (bicyclic) bond motifs is 4. The monoisotopic (exact) mass is 376 g/mol. The van der Waals surface area contributed by atoms with Crippen molar-refractivity contribution in [1.82, 2.24) is 0 Å². The molecular formula is C23H36O4. The van der Waals surface area contributed by atoms with Gasteiger partial charge in [0, 0.05) is 0 Å². The minimum absolute atomic E-state index is 0.0128. The largest absolute Gasteiger partial charge is 0.481 e. The zero-order valence-corrected chi connectivity index (χ0v) is 17.5. The van der Waals surface area contributed by atoms with E-state index in [0.29, 0.717) is 47.3 Å². The predicted octanol–water partition coefficient (Wildman–Crippen LogP) is 4.62. The lowest BCUT2D eigenvalue weighted by atomic mass is 9.66. The van der Waals surface area contributed by atoms with E-state index in [1.165, 1.54) is 12.8 Å². The number of hydrogen-bond acceptors (Lipinski definition) is 3. The molecule has 4 rings (SSSR count). The van der Waals surface area contributed by atoms with Crippen LogP contribution in [0.4, 0.5) is 0 Å². The van der Waals surface area contributed by atoms with E-state index in [1.54, 1.807) is 0 Å². The van der Waals surface area contributed by atoms with Gasteiger partial charge in [0.15, 0.2) is 0 Å². The summed E-state index contributed by atoms with van der Waals surface area (Å²) in [5, 5.41) is 9.49. The Labute approximate surface area is 163 Å². The Morgan fingerprint density at radius 1 is 0.889 bits per heavy atom. The molecule has 4 nitrogen and oxygen atoms in total. The first-order valence-corrected chi connectivity index (χ1v) is 11.0. The number of carboxylic acids is 1. The highest BCUT2D eigenvalue weighted by molar-refractivity contribution is 5.74. The van der Waals surface area contributed by atoms with Gasteiger partial charge in [0.2, 0.25) is 0 Å². The average molecular weight is 377 g/mol. The minimum atomic E-state index is -0.592. The average Bonchev–Trinajstić information content (AvgIpc) is 3.28. The molecule has 0 amide bonds. The number of carbonyl (C=O) groups is 2. The fourth-order valence-corrected chi connectivity index (χ4v) is 7.58. The zero-order chi connectivity index (χ0) is 19.7. The lowest BCUT2D eigenvalue weighted by Gasteiger charge is -2.39. The molecular weight excluding hydrogens is 340 g/mol. The molecule has 152 valence electrons. The van der Waals surface area contributed by atoms with Gasteiger partial charge in [-0.15, -0.1) is 0 Å². The molecule has 1 N–H and O–H groups in total. The highest BCUT2D eigenvalue weighted by Gasteiger charge is 2.58. The van der Waals surface area contributed by atoms with Crippen molar-refractivity contribution in [1.29, 1.82) is 0 Å². The molecule has 4 bridgehead atoms. The maximum atomic E-state index is 12.8. The van der Waals surface area contributed by atoms with E-state index in [-0.39, 0.29) is 17.8 Å². The van der Waals surface area contributed by atoms with Crippen LogP contribution >= 0.6 is 0 Å². The van der Waals surface area contributed by atoms with Gasteiger partial charge in [0.05, 0.1) is 11.8 Å². The van der Waals surface area contributed by atoms with E-state index >= 15 is 0 Å². The first kappa shape index (κ1) is 19.3. The molecule has 0 radical (unpaired) electrons. The Morgan fingerprint density at radius 2 is 1.52 bits per heavy atom. The Bertz CT molecular complexity index is 618. The molecule has 0 aromatic carbocycles. The van der Waals surface area contributed by atoms with Crippen molar-refractivity contribution >= 4 is 11.9 Å². The summed E-state index contributed by atoms with van der Waals surface area (Å²) in [4.78, 5) is 24.3. The zero-order valence-electron chi connectivity index (χ0n) is 17.5. The van der Waals surface area contributed by atoms with Crippen molar-refractivity contribution in [3.05, 3.63) is 0 Å². The van der Waals surface area contributed by atoms with Crippen LogP contribution in [0.2, 0.25) is 0 Å². The number of ether oxygens (including phenoxy) is 1. The molecule has 27 heavy (non-hydrogen) atoms. The van der Waals surface area contributed by atoms with Crippen molar-refractivity contribution < 1.29 is 19.4 Å². The van der Waals surface area contributed by atoms with Gasteiger partial charge in [-0.25, -0.2) is 0 Å². The van der Waals surface area contributed by atoms with Gasteiger partial charge in [0.1, 0.15) is 5.60 Å². The van der Waals surface area contributed by atoms with Crippen LogP contribution < -0.4 is 0 Å². The van der Waals surface area contributed by atoms with E-state index in [4.69, 9.17) is 4.74 Å². The van der Waals surface area contributed by atoms with Crippen molar-refractivity contribution in [2.75, 3.05) is 0 Å². The number of hydrogen-bond donors (Lipinski definition) is 1. The van der Waals surface area contributed by atoms with Crippen LogP contribution in [-0.2, 0) is 14.3 Å². The first-order valence-electron chi connectivity index (χ1n) is 11.0. The molecule has 4 aliphatic carbocycles. The van der Waals surface area contributed by atoms with E-state index in [0.717, 1.165) is 19.3 Å². The SMILES string of the molecule is CC1C(CC2C(C)C3CC(C(=O)OC(C)(C)C)C2C3)C2CC(C(=O)O)C1C2. The van der Waals surface area contributed by atoms with Crippen LogP contribution in [0.5, 0.6) is 0 Å². The van der Waals surface area contributed by atoms with E-state index in [2.05, 4.69) is 13.8 Å². The number of carboxylic acid groups (broad SMARTS) is 1. The Hall–Kier alpha value is -1.06. The Morgan fingerprint density at radius 3 is 2.07 bits per heavy atom. The van der Waals surface area contributed by atoms with Crippen LogP contribution in [0.3, 0.4) is 0 Å². The molecule has 0 aliphatic heterocycles. The van der Waals surface area contributed by atoms with Gasteiger partial charge in [-0.3, -0.25) is 9.59 Å². The third-order valence-corrected chi connectivity index (χ3v) is 8.79. The standard InChI is InChI=1S/C23H36O4/c1-11-13-6-18(20(7-13)22(26)27-23(3,4)5)17(11)10-15-12(2)16-8-14(15)9-19(16)21(24)25/h11-20H,6-10H2,1-5H3,(H,24,25). The van der Waals surface area contributed by atoms with Crippen LogP contribution in [-0.4, -0.2) is 22.6 Å². The van der Waals surface area contributed by atoms with Gasteiger partial charge in [-0.1, -0.05) is 13.8 Å². The highest BCUT2D eigenvalue weighted by Crippen LogP contribution is 2.62. The van der Waals surface area contributed by atoms with Crippen LogP contribution in [0.25, 0.3) is 0 Å². The molecule has 4 saturated carbocycles. The van der Waals surface area contributed by atoms with E-state index in [9.17, 15) is 14.7 Å². The summed E-state index contributed by atoms with van der Waals surface area (Å²) >= 11 is 0. The Kier molecular flexibility index (Phi) is 4.63. The van der Waals surface area contributed by atoms with Crippen molar-refractivity contribution in [3.8, 4) is 0 Å². The molecule has 10 unspecified atom stereocenters. The molecule has 4 fully saturated rings. The van der Waals surface area contributed by atoms with Crippen molar-refractivity contribution in [3.63, 3.8) is 0 Å². The van der Waals surface area contributed by atoms with Gasteiger partial charge < -0.3 is 9.84 Å². The second kappa shape index (κ2) is 6.49. The molecule has 0 aromatic rings. The second-order valence-corrected chi connectivity index (χ2v) is 11.2. The van der Waals surface area contributed by atoms with Gasteiger partial charge in [0.25, 0.3) is 0 Å². The van der Waals surface area contributed by atoms with Crippen LogP contribution in [0, 0.1) is 59.2 Å². The maximum Gasteiger partial charge on any atom is 0.309 e. The quantitative estimate of drug-likeness (QED) is 0.727. The molecule has 0 heterocycles. The Balaban J connectivity index is 1.44. The molecule has 4 heteroatoms. The van der Waals surface area contributed by atoms with Crippen LogP contribution in [0.15, 0.2) is 0 Å². The predicted molar refractivity (Wildman–Crippen MR) is 103 cm³/mol. The summed E-state index contributed by atoms with van der Waals surface area (Å²) in [6.07, 6.45) is 5.36. The molecule has 10 atom stereocenters. The number of aliphatic carboxylic acids is 1. The number of esters is 1. The summed E-state index contributed by atoms with van der Waals surface area (Å²) in [6.45, 7) is 10.5. The lowest BCUT2D eigenvalue weighted by molar-refractivity contribution is -0.163. The normalized spacial score (nSPS) is 48.2. The van der Waals surface area contributed by atoms with Crippen molar-refractivity contribution in [2.45, 2.75) is 72.3 Å².